The Morgan fingerprint density at radius 3 is 2.60 bits per heavy atom. The first-order chi connectivity index (χ1) is 9.26. The Kier molecular flexibility index (Phi) is 4.00. The van der Waals surface area contributed by atoms with Crippen LogP contribution in [0.2, 0.25) is 10.2 Å². The predicted molar refractivity (Wildman–Crippen MR) is 74.7 cm³/mol. The zero-order chi connectivity index (χ0) is 15.1. The molecule has 6 nitrogen and oxygen atoms in total. The van der Waals surface area contributed by atoms with Crippen LogP contribution >= 0.6 is 23.2 Å². The molecule has 0 spiro atoms. The number of halogens is 2. The van der Waals surface area contributed by atoms with Crippen LogP contribution in [0.15, 0.2) is 6.07 Å². The van der Waals surface area contributed by atoms with Gasteiger partial charge in [-0.3, -0.25) is 9.59 Å². The van der Waals surface area contributed by atoms with Crippen molar-refractivity contribution in [1.29, 1.82) is 0 Å². The maximum absolute atomic E-state index is 12.4. The number of hydrogen-bond donors (Lipinski definition) is 2. The van der Waals surface area contributed by atoms with E-state index in [-0.39, 0.29) is 29.0 Å². The number of amides is 2. The van der Waals surface area contributed by atoms with Crippen molar-refractivity contribution in [1.82, 2.24) is 9.47 Å². The fourth-order valence-corrected chi connectivity index (χ4v) is 2.70. The minimum atomic E-state index is -1.67. The summed E-state index contributed by atoms with van der Waals surface area (Å²) >= 11 is 11.8. The van der Waals surface area contributed by atoms with E-state index in [0.29, 0.717) is 18.7 Å². The van der Waals surface area contributed by atoms with E-state index in [1.807, 2.05) is 0 Å². The van der Waals surface area contributed by atoms with Crippen molar-refractivity contribution >= 4 is 35.0 Å². The van der Waals surface area contributed by atoms with Crippen LogP contribution in [0.1, 0.15) is 23.3 Å². The van der Waals surface area contributed by atoms with E-state index in [0.717, 1.165) is 0 Å². The van der Waals surface area contributed by atoms with Crippen LogP contribution in [-0.2, 0) is 11.8 Å². The molecule has 1 aromatic heterocycles. The molecule has 0 aliphatic carbocycles. The lowest BCUT2D eigenvalue weighted by atomic mass is 9.92. The summed E-state index contributed by atoms with van der Waals surface area (Å²) in [5.74, 6) is -1.17. The van der Waals surface area contributed by atoms with Crippen molar-refractivity contribution in [2.45, 2.75) is 18.4 Å². The Bertz CT molecular complexity index is 573. The number of piperidine rings is 1. The van der Waals surface area contributed by atoms with Crippen LogP contribution < -0.4 is 5.73 Å². The summed E-state index contributed by atoms with van der Waals surface area (Å²) in [6, 6.07) is 1.46. The van der Waals surface area contributed by atoms with Gasteiger partial charge in [-0.1, -0.05) is 23.2 Å². The van der Waals surface area contributed by atoms with Crippen LogP contribution in [0.3, 0.4) is 0 Å². The highest BCUT2D eigenvalue weighted by Gasteiger charge is 2.40. The lowest BCUT2D eigenvalue weighted by Gasteiger charge is -2.37. The summed E-state index contributed by atoms with van der Waals surface area (Å²) in [5.41, 5.74) is 3.81. The zero-order valence-corrected chi connectivity index (χ0v) is 12.4. The topological polar surface area (TPSA) is 88.6 Å². The second kappa shape index (κ2) is 5.27. The van der Waals surface area contributed by atoms with Gasteiger partial charge in [-0.15, -0.1) is 0 Å². The van der Waals surface area contributed by atoms with E-state index in [2.05, 4.69) is 0 Å². The van der Waals surface area contributed by atoms with Gasteiger partial charge < -0.3 is 20.3 Å². The molecular weight excluding hydrogens is 305 g/mol. The maximum Gasteiger partial charge on any atom is 0.270 e. The molecule has 2 rings (SSSR count). The van der Waals surface area contributed by atoms with E-state index in [4.69, 9.17) is 28.9 Å². The fraction of sp³-hybridized carbons (Fsp3) is 0.500. The number of nitrogens with zero attached hydrogens (tertiary/aromatic N) is 2. The molecule has 0 unspecified atom stereocenters. The lowest BCUT2D eigenvalue weighted by Crippen LogP contribution is -2.57. The Morgan fingerprint density at radius 2 is 2.10 bits per heavy atom. The summed E-state index contributed by atoms with van der Waals surface area (Å²) in [5, 5.41) is 10.7. The third-order valence-corrected chi connectivity index (χ3v) is 4.39. The van der Waals surface area contributed by atoms with Gasteiger partial charge in [0, 0.05) is 13.6 Å². The van der Waals surface area contributed by atoms with Crippen LogP contribution in [0.25, 0.3) is 0 Å². The predicted octanol–water partition coefficient (Wildman–Crippen LogP) is 0.784. The van der Waals surface area contributed by atoms with E-state index < -0.39 is 11.5 Å². The van der Waals surface area contributed by atoms with Crippen LogP contribution in [0.4, 0.5) is 0 Å². The number of nitrogens with two attached hydrogens (primary N) is 1. The van der Waals surface area contributed by atoms with Crippen molar-refractivity contribution < 1.29 is 14.7 Å². The lowest BCUT2D eigenvalue weighted by molar-refractivity contribution is -0.140. The zero-order valence-electron chi connectivity index (χ0n) is 10.9. The molecule has 110 valence electrons. The SMILES string of the molecule is Cn1c(C(=O)N2CCC[C@@](O)(C(N)=O)C2)cc(Cl)c1Cl. The summed E-state index contributed by atoms with van der Waals surface area (Å²) in [4.78, 5) is 25.1. The molecule has 20 heavy (non-hydrogen) atoms. The van der Waals surface area contributed by atoms with E-state index >= 15 is 0 Å². The minimum Gasteiger partial charge on any atom is -0.378 e. The molecule has 0 saturated carbocycles. The van der Waals surface area contributed by atoms with Crippen LogP contribution in [0.5, 0.6) is 0 Å². The van der Waals surface area contributed by atoms with Gasteiger partial charge in [0.25, 0.3) is 11.8 Å². The number of likely N-dealkylation sites (tertiary alicyclic amines) is 1. The highest BCUT2D eigenvalue weighted by atomic mass is 35.5. The fourth-order valence-electron chi connectivity index (χ4n) is 2.32. The monoisotopic (exact) mass is 319 g/mol. The van der Waals surface area contributed by atoms with Crippen LogP contribution in [-0.4, -0.2) is 45.1 Å². The average Bonchev–Trinajstić information content (AvgIpc) is 2.65. The molecule has 2 amide bonds. The Hall–Kier alpha value is -1.24. The van der Waals surface area contributed by atoms with E-state index in [1.165, 1.54) is 15.5 Å². The van der Waals surface area contributed by atoms with Crippen molar-refractivity contribution in [3.63, 3.8) is 0 Å². The van der Waals surface area contributed by atoms with Gasteiger partial charge in [-0.25, -0.2) is 0 Å². The number of carbonyl (C=O) groups excluding carboxylic acids is 2. The maximum atomic E-state index is 12.4. The molecule has 1 atom stereocenters. The quantitative estimate of drug-likeness (QED) is 0.844. The number of aliphatic hydroxyl groups is 1. The van der Waals surface area contributed by atoms with Crippen molar-refractivity contribution in [3.05, 3.63) is 21.9 Å². The number of hydrogen-bond acceptors (Lipinski definition) is 3. The normalized spacial score (nSPS) is 22.9. The van der Waals surface area contributed by atoms with Gasteiger partial charge in [0.2, 0.25) is 0 Å². The summed E-state index contributed by atoms with van der Waals surface area (Å²) < 4.78 is 1.46. The van der Waals surface area contributed by atoms with Gasteiger partial charge in [0.15, 0.2) is 5.60 Å². The molecule has 1 aromatic rings. The third kappa shape index (κ3) is 2.51. The summed E-state index contributed by atoms with van der Waals surface area (Å²) in [7, 11) is 1.62. The number of aromatic nitrogens is 1. The molecular formula is C12H15Cl2N3O3. The van der Waals surface area contributed by atoms with Gasteiger partial charge in [-0.2, -0.15) is 0 Å². The number of rotatable bonds is 2. The molecule has 0 bridgehead atoms. The molecule has 0 aromatic carbocycles. The number of carbonyl (C=O) groups is 2. The molecule has 1 fully saturated rings. The van der Waals surface area contributed by atoms with Gasteiger partial charge in [0.05, 0.1) is 11.6 Å². The van der Waals surface area contributed by atoms with Crippen molar-refractivity contribution in [3.8, 4) is 0 Å². The van der Waals surface area contributed by atoms with Gasteiger partial charge in [0.1, 0.15) is 10.8 Å². The Balaban J connectivity index is 2.25. The van der Waals surface area contributed by atoms with Gasteiger partial charge >= 0.3 is 0 Å². The Morgan fingerprint density at radius 1 is 1.45 bits per heavy atom. The molecule has 0 radical (unpaired) electrons. The Labute approximate surface area is 126 Å². The van der Waals surface area contributed by atoms with E-state index in [1.54, 1.807) is 7.05 Å². The second-order valence-corrected chi connectivity index (χ2v) is 5.72. The van der Waals surface area contributed by atoms with E-state index in [9.17, 15) is 14.7 Å². The number of primary amides is 1. The van der Waals surface area contributed by atoms with Crippen molar-refractivity contribution in [2.24, 2.45) is 12.8 Å². The highest BCUT2D eigenvalue weighted by molar-refractivity contribution is 6.41. The molecule has 2 heterocycles. The summed E-state index contributed by atoms with van der Waals surface area (Å²) in [6.07, 6.45) is 0.748. The molecule has 1 aliphatic heterocycles. The molecule has 1 aliphatic rings. The largest absolute Gasteiger partial charge is 0.378 e. The summed E-state index contributed by atoms with van der Waals surface area (Å²) in [6.45, 7) is 0.316. The molecule has 8 heteroatoms. The minimum absolute atomic E-state index is 0.123. The highest BCUT2D eigenvalue weighted by Crippen LogP contribution is 2.28. The van der Waals surface area contributed by atoms with Gasteiger partial charge in [-0.05, 0) is 18.9 Å². The second-order valence-electron chi connectivity index (χ2n) is 4.95. The first kappa shape index (κ1) is 15.2. The third-order valence-electron chi connectivity index (χ3n) is 3.55. The molecule has 3 N–H and O–H groups in total. The standard InChI is InChI=1S/C12H15Cl2N3O3/c1-16-8(5-7(13)9(16)14)10(18)17-4-2-3-12(20,6-17)11(15)19/h5,20H,2-4,6H2,1H3,(H2,15,19)/t12-/m0/s1. The smallest absolute Gasteiger partial charge is 0.270 e. The van der Waals surface area contributed by atoms with Crippen LogP contribution in [0, 0.1) is 0 Å². The number of β-amino-alcohol motifs (C(OH)–C–C–N with tert-alkyl or cyclic N) is 1. The first-order valence-electron chi connectivity index (χ1n) is 6.08. The molecule has 1 saturated heterocycles. The average molecular weight is 320 g/mol. The van der Waals surface area contributed by atoms with Crippen molar-refractivity contribution in [2.75, 3.05) is 13.1 Å². The first-order valence-corrected chi connectivity index (χ1v) is 6.84.